The number of hydrogen-bond acceptors (Lipinski definition) is 2. The molecule has 0 aliphatic rings. The first-order valence-electron chi connectivity index (χ1n) is 8.64. The summed E-state index contributed by atoms with van der Waals surface area (Å²) in [5, 5.41) is 2.32. The van der Waals surface area contributed by atoms with Gasteiger partial charge in [-0.1, -0.05) is 12.1 Å². The van der Waals surface area contributed by atoms with Crippen LogP contribution in [0, 0.1) is 23.3 Å². The molecule has 2 aromatic carbocycles. The van der Waals surface area contributed by atoms with Gasteiger partial charge in [-0.2, -0.15) is 0 Å². The third-order valence-corrected chi connectivity index (χ3v) is 4.77. The fourth-order valence-electron chi connectivity index (χ4n) is 2.99. The van der Waals surface area contributed by atoms with Crippen molar-refractivity contribution in [2.24, 2.45) is 0 Å². The van der Waals surface area contributed by atoms with E-state index < -0.39 is 46.3 Å². The van der Waals surface area contributed by atoms with Gasteiger partial charge in [0.25, 0.3) is 5.56 Å². The minimum absolute atomic E-state index is 0.0424. The predicted octanol–water partition coefficient (Wildman–Crippen LogP) is 3.99. The van der Waals surface area contributed by atoms with E-state index in [1.54, 1.807) is 6.92 Å². The quantitative estimate of drug-likeness (QED) is 0.643. The molecule has 1 atom stereocenters. The van der Waals surface area contributed by atoms with Gasteiger partial charge in [0, 0.05) is 19.8 Å². The summed E-state index contributed by atoms with van der Waals surface area (Å²) in [5.41, 5.74) is -0.00675. The molecule has 2 amide bonds. The van der Waals surface area contributed by atoms with Crippen molar-refractivity contribution in [3.63, 3.8) is 0 Å². The van der Waals surface area contributed by atoms with Crippen molar-refractivity contribution >= 4 is 16.8 Å². The van der Waals surface area contributed by atoms with Crippen LogP contribution in [0.5, 0.6) is 0 Å². The van der Waals surface area contributed by atoms with Gasteiger partial charge in [-0.3, -0.25) is 4.79 Å². The minimum atomic E-state index is -1.26. The number of nitrogens with one attached hydrogen (secondary N) is 2. The Morgan fingerprint density at radius 3 is 2.48 bits per heavy atom. The van der Waals surface area contributed by atoms with E-state index in [0.29, 0.717) is 11.1 Å². The fraction of sp³-hybridized carbons (Fsp3) is 0.200. The predicted molar refractivity (Wildman–Crippen MR) is 99.3 cm³/mol. The molecule has 29 heavy (non-hydrogen) atoms. The molecule has 0 radical (unpaired) electrons. The summed E-state index contributed by atoms with van der Waals surface area (Å²) >= 11 is 0. The number of nitrogens with zero attached hydrogens (tertiary/aromatic N) is 1. The molecule has 0 saturated carbocycles. The van der Waals surface area contributed by atoms with Crippen LogP contribution in [0.25, 0.3) is 10.8 Å². The summed E-state index contributed by atoms with van der Waals surface area (Å²) in [6.07, 6.45) is 1.34. The minimum Gasteiger partial charge on any atom is -0.334 e. The molecule has 0 spiro atoms. The van der Waals surface area contributed by atoms with E-state index in [4.69, 9.17) is 0 Å². The molecule has 3 rings (SSSR count). The van der Waals surface area contributed by atoms with Gasteiger partial charge in [-0.05, 0) is 41.6 Å². The zero-order chi connectivity index (χ0) is 21.3. The Hall–Kier alpha value is -3.36. The van der Waals surface area contributed by atoms with Crippen molar-refractivity contribution < 1.29 is 22.4 Å². The second kappa shape index (κ2) is 7.94. The topological polar surface area (TPSA) is 65.2 Å². The molecular formula is C20H17F4N3O2. The summed E-state index contributed by atoms with van der Waals surface area (Å²) in [4.78, 5) is 28.0. The van der Waals surface area contributed by atoms with Crippen molar-refractivity contribution in [2.45, 2.75) is 19.5 Å². The third-order valence-electron chi connectivity index (χ3n) is 4.77. The van der Waals surface area contributed by atoms with E-state index in [2.05, 4.69) is 10.3 Å². The molecule has 2 N–H and O–H groups in total. The third kappa shape index (κ3) is 3.94. The van der Waals surface area contributed by atoms with Crippen LogP contribution in [0.1, 0.15) is 24.1 Å². The highest BCUT2D eigenvalue weighted by molar-refractivity contribution is 5.86. The van der Waals surface area contributed by atoms with Gasteiger partial charge in [0.15, 0.2) is 23.3 Å². The van der Waals surface area contributed by atoms with E-state index in [9.17, 15) is 27.2 Å². The highest BCUT2D eigenvalue weighted by Crippen LogP contribution is 2.27. The number of halogens is 4. The van der Waals surface area contributed by atoms with Gasteiger partial charge < -0.3 is 15.2 Å². The number of aromatic nitrogens is 1. The standard InChI is InChI=1S/C20H17F4N3O2/c1-10(13-9-25-19(28)17-12(13)4-6-15(22)18(17)24)27(2)20(29)26-8-11-3-5-14(21)16(23)7-11/h3-7,9-10H,8H2,1-2H3,(H,25,28)(H,26,29)/t10-/m0/s1. The second-order valence-corrected chi connectivity index (χ2v) is 6.55. The van der Waals surface area contributed by atoms with Crippen molar-refractivity contribution in [3.05, 3.63) is 81.3 Å². The van der Waals surface area contributed by atoms with Gasteiger partial charge in [-0.25, -0.2) is 22.4 Å². The van der Waals surface area contributed by atoms with Crippen LogP contribution in [0.4, 0.5) is 22.4 Å². The van der Waals surface area contributed by atoms with Crippen LogP contribution in [0.2, 0.25) is 0 Å². The molecular weight excluding hydrogens is 390 g/mol. The number of H-pyrrole nitrogens is 1. The molecule has 5 nitrogen and oxygen atoms in total. The first kappa shape index (κ1) is 20.4. The van der Waals surface area contributed by atoms with Crippen molar-refractivity contribution in [1.29, 1.82) is 0 Å². The van der Waals surface area contributed by atoms with E-state index in [0.717, 1.165) is 18.2 Å². The maximum absolute atomic E-state index is 14.1. The Labute approximate surface area is 163 Å². The summed E-state index contributed by atoms with van der Waals surface area (Å²) in [5.74, 6) is -4.42. The first-order valence-corrected chi connectivity index (χ1v) is 8.64. The van der Waals surface area contributed by atoms with Crippen molar-refractivity contribution in [2.75, 3.05) is 7.05 Å². The van der Waals surface area contributed by atoms with Crippen LogP contribution >= 0.6 is 0 Å². The number of benzene rings is 2. The number of urea groups is 1. The number of aromatic amines is 1. The van der Waals surface area contributed by atoms with Gasteiger partial charge in [0.2, 0.25) is 0 Å². The van der Waals surface area contributed by atoms with E-state index >= 15 is 0 Å². The highest BCUT2D eigenvalue weighted by Gasteiger charge is 2.22. The Balaban J connectivity index is 1.82. The average Bonchev–Trinajstić information content (AvgIpc) is 2.70. The SMILES string of the molecule is C[C@@H](c1c[nH]c(=O)c2c(F)c(F)ccc12)N(C)C(=O)NCc1ccc(F)c(F)c1. The largest absolute Gasteiger partial charge is 0.334 e. The molecule has 9 heteroatoms. The number of hydrogen-bond donors (Lipinski definition) is 2. The van der Waals surface area contributed by atoms with Crippen LogP contribution in [-0.2, 0) is 6.54 Å². The van der Waals surface area contributed by atoms with E-state index in [1.807, 2.05) is 0 Å². The lowest BCUT2D eigenvalue weighted by Crippen LogP contribution is -2.38. The van der Waals surface area contributed by atoms with Gasteiger partial charge in [-0.15, -0.1) is 0 Å². The van der Waals surface area contributed by atoms with Gasteiger partial charge in [0.05, 0.1) is 11.4 Å². The number of carbonyl (C=O) groups is 1. The summed E-state index contributed by atoms with van der Waals surface area (Å²) in [6, 6.07) is 4.32. The van der Waals surface area contributed by atoms with Gasteiger partial charge in [0.1, 0.15) is 0 Å². The van der Waals surface area contributed by atoms with Crippen LogP contribution in [-0.4, -0.2) is 23.0 Å². The molecule has 1 heterocycles. The molecule has 0 unspecified atom stereocenters. The van der Waals surface area contributed by atoms with Crippen LogP contribution in [0.3, 0.4) is 0 Å². The highest BCUT2D eigenvalue weighted by atomic mass is 19.2. The number of pyridine rings is 1. The molecule has 3 aromatic rings. The Kier molecular flexibility index (Phi) is 5.58. The van der Waals surface area contributed by atoms with E-state index in [1.165, 1.54) is 30.3 Å². The summed E-state index contributed by atoms with van der Waals surface area (Å²) in [7, 11) is 1.47. The zero-order valence-corrected chi connectivity index (χ0v) is 15.5. The normalized spacial score (nSPS) is 12.1. The van der Waals surface area contributed by atoms with Crippen molar-refractivity contribution in [3.8, 4) is 0 Å². The van der Waals surface area contributed by atoms with Crippen molar-refractivity contribution in [1.82, 2.24) is 15.2 Å². The lowest BCUT2D eigenvalue weighted by molar-refractivity contribution is 0.194. The Morgan fingerprint density at radius 2 is 1.79 bits per heavy atom. The number of carbonyl (C=O) groups excluding carboxylic acids is 1. The van der Waals surface area contributed by atoms with Gasteiger partial charge >= 0.3 is 6.03 Å². The monoisotopic (exact) mass is 407 g/mol. The smallest absolute Gasteiger partial charge is 0.317 e. The maximum Gasteiger partial charge on any atom is 0.317 e. The second-order valence-electron chi connectivity index (χ2n) is 6.55. The molecule has 152 valence electrons. The summed E-state index contributed by atoms with van der Waals surface area (Å²) in [6.45, 7) is 1.60. The number of rotatable bonds is 4. The zero-order valence-electron chi connectivity index (χ0n) is 15.5. The first-order chi connectivity index (χ1) is 13.7. The maximum atomic E-state index is 14.1. The van der Waals surface area contributed by atoms with Crippen LogP contribution in [0.15, 0.2) is 41.3 Å². The molecule has 0 bridgehead atoms. The molecule has 1 aromatic heterocycles. The molecule has 0 saturated heterocycles. The number of amides is 2. The molecule has 0 fully saturated rings. The van der Waals surface area contributed by atoms with E-state index in [-0.39, 0.29) is 11.9 Å². The lowest BCUT2D eigenvalue weighted by atomic mass is 10.0. The Morgan fingerprint density at radius 1 is 1.10 bits per heavy atom. The summed E-state index contributed by atoms with van der Waals surface area (Å²) < 4.78 is 53.8. The Bertz CT molecular complexity index is 1150. The average molecular weight is 407 g/mol. The number of fused-ring (bicyclic) bond motifs is 1. The van der Waals surface area contributed by atoms with Crippen LogP contribution < -0.4 is 10.9 Å². The lowest BCUT2D eigenvalue weighted by Gasteiger charge is -2.26. The fourth-order valence-corrected chi connectivity index (χ4v) is 2.99. The molecule has 0 aliphatic carbocycles. The molecule has 0 aliphatic heterocycles.